The van der Waals surface area contributed by atoms with Crippen LogP contribution in [0.1, 0.15) is 29.6 Å². The van der Waals surface area contributed by atoms with Crippen molar-refractivity contribution < 1.29 is 9.72 Å². The molecule has 0 atom stereocenters. The molecule has 0 heterocycles. The number of nitro groups is 1. The van der Waals surface area contributed by atoms with Crippen LogP contribution >= 0.6 is 0 Å². The van der Waals surface area contributed by atoms with E-state index in [1.165, 1.54) is 18.2 Å². The Hall–Kier alpha value is -2.11. The van der Waals surface area contributed by atoms with Gasteiger partial charge in [-0.1, -0.05) is 0 Å². The van der Waals surface area contributed by atoms with E-state index in [1.807, 2.05) is 0 Å². The first-order valence-corrected chi connectivity index (χ1v) is 5.42. The molecule has 6 nitrogen and oxygen atoms in total. The largest absolute Gasteiger partial charge is 0.393 e. The molecule has 0 unspecified atom stereocenters. The van der Waals surface area contributed by atoms with Crippen LogP contribution < -0.4 is 11.1 Å². The number of nitrogens with zero attached hydrogens (tertiary/aromatic N) is 1. The van der Waals surface area contributed by atoms with Gasteiger partial charge in [0.1, 0.15) is 5.69 Å². The number of amides is 1. The van der Waals surface area contributed by atoms with E-state index in [1.54, 1.807) is 0 Å². The van der Waals surface area contributed by atoms with E-state index in [0.717, 1.165) is 19.3 Å². The second-order valence-corrected chi connectivity index (χ2v) is 4.13. The number of carbonyl (C=O) groups excluding carboxylic acids is 1. The van der Waals surface area contributed by atoms with E-state index in [9.17, 15) is 14.9 Å². The van der Waals surface area contributed by atoms with Crippen molar-refractivity contribution in [3.05, 3.63) is 33.9 Å². The third-order valence-electron chi connectivity index (χ3n) is 2.93. The summed E-state index contributed by atoms with van der Waals surface area (Å²) in [6.07, 6.45) is 3.12. The number of hydrogen-bond donors (Lipinski definition) is 2. The zero-order valence-corrected chi connectivity index (χ0v) is 9.18. The molecule has 1 amide bonds. The van der Waals surface area contributed by atoms with Crippen molar-refractivity contribution in [3.8, 4) is 0 Å². The summed E-state index contributed by atoms with van der Waals surface area (Å²) in [7, 11) is 0. The molecular formula is C11H13N3O3. The Labute approximate surface area is 98.0 Å². The molecule has 0 aliphatic heterocycles. The molecule has 1 aromatic rings. The van der Waals surface area contributed by atoms with Crippen LogP contribution in [0.4, 0.5) is 11.4 Å². The number of nitrogen functional groups attached to an aromatic ring is 1. The summed E-state index contributed by atoms with van der Waals surface area (Å²) in [5.74, 6) is -0.226. The summed E-state index contributed by atoms with van der Waals surface area (Å²) in [4.78, 5) is 21.7. The molecule has 0 bridgehead atoms. The van der Waals surface area contributed by atoms with E-state index in [2.05, 4.69) is 5.32 Å². The minimum absolute atomic E-state index is 0.0104. The van der Waals surface area contributed by atoms with Gasteiger partial charge in [0.25, 0.3) is 11.6 Å². The van der Waals surface area contributed by atoms with Gasteiger partial charge in [0.05, 0.1) is 4.92 Å². The van der Waals surface area contributed by atoms with Gasteiger partial charge in [0.2, 0.25) is 0 Å². The molecule has 0 aromatic heterocycles. The second-order valence-electron chi connectivity index (χ2n) is 4.13. The molecule has 2 rings (SSSR count). The molecular weight excluding hydrogens is 222 g/mol. The first-order chi connectivity index (χ1) is 8.08. The number of anilines is 1. The summed E-state index contributed by atoms with van der Waals surface area (Å²) in [5.41, 5.74) is 5.71. The van der Waals surface area contributed by atoms with Gasteiger partial charge < -0.3 is 11.1 Å². The van der Waals surface area contributed by atoms with Crippen LogP contribution in [0.3, 0.4) is 0 Å². The van der Waals surface area contributed by atoms with E-state index in [0.29, 0.717) is 5.56 Å². The number of nitro benzene ring substituents is 1. The lowest BCUT2D eigenvalue weighted by Gasteiger charge is -2.26. The third-order valence-corrected chi connectivity index (χ3v) is 2.93. The molecule has 3 N–H and O–H groups in total. The molecule has 0 saturated heterocycles. The quantitative estimate of drug-likeness (QED) is 0.470. The third kappa shape index (κ3) is 2.35. The highest BCUT2D eigenvalue weighted by Crippen LogP contribution is 2.23. The molecule has 6 heteroatoms. The van der Waals surface area contributed by atoms with Gasteiger partial charge >= 0.3 is 0 Å². The van der Waals surface area contributed by atoms with Gasteiger partial charge in [0.15, 0.2) is 0 Å². The Morgan fingerprint density at radius 1 is 1.47 bits per heavy atom. The van der Waals surface area contributed by atoms with Gasteiger partial charge in [-0.2, -0.15) is 0 Å². The maximum atomic E-state index is 11.7. The van der Waals surface area contributed by atoms with Crippen molar-refractivity contribution in [1.29, 1.82) is 0 Å². The number of nitrogens with two attached hydrogens (primary N) is 1. The number of rotatable bonds is 3. The van der Waals surface area contributed by atoms with Gasteiger partial charge in [-0.3, -0.25) is 14.9 Å². The SMILES string of the molecule is Nc1cc(C(=O)NC2CCC2)ccc1[N+](=O)[O-]. The van der Waals surface area contributed by atoms with E-state index >= 15 is 0 Å². The van der Waals surface area contributed by atoms with Crippen LogP contribution in [0.15, 0.2) is 18.2 Å². The maximum absolute atomic E-state index is 11.7. The Morgan fingerprint density at radius 3 is 2.65 bits per heavy atom. The number of carbonyl (C=O) groups is 1. The van der Waals surface area contributed by atoms with Crippen molar-refractivity contribution in [3.63, 3.8) is 0 Å². The van der Waals surface area contributed by atoms with E-state index < -0.39 is 4.92 Å². The van der Waals surface area contributed by atoms with Gasteiger partial charge in [0, 0.05) is 17.7 Å². The highest BCUT2D eigenvalue weighted by Gasteiger charge is 2.21. The van der Waals surface area contributed by atoms with E-state index in [4.69, 9.17) is 5.73 Å². The molecule has 0 spiro atoms. The fourth-order valence-electron chi connectivity index (χ4n) is 1.68. The summed E-state index contributed by atoms with van der Waals surface area (Å²) >= 11 is 0. The Bertz CT molecular complexity index is 469. The lowest BCUT2D eigenvalue weighted by Crippen LogP contribution is -2.39. The van der Waals surface area contributed by atoms with Crippen LogP contribution in [-0.4, -0.2) is 16.9 Å². The van der Waals surface area contributed by atoms with Gasteiger partial charge in [-0.15, -0.1) is 0 Å². The minimum atomic E-state index is -0.567. The monoisotopic (exact) mass is 235 g/mol. The predicted molar refractivity (Wildman–Crippen MR) is 62.6 cm³/mol. The van der Waals surface area contributed by atoms with Crippen LogP contribution in [0.2, 0.25) is 0 Å². The molecule has 1 aliphatic rings. The first-order valence-electron chi connectivity index (χ1n) is 5.42. The zero-order valence-electron chi connectivity index (χ0n) is 9.18. The summed E-state index contributed by atoms with van der Waals surface area (Å²) < 4.78 is 0. The van der Waals surface area contributed by atoms with Crippen molar-refractivity contribution >= 4 is 17.3 Å². The highest BCUT2D eigenvalue weighted by atomic mass is 16.6. The normalized spacial score (nSPS) is 15.1. The van der Waals surface area contributed by atoms with Crippen LogP contribution in [0, 0.1) is 10.1 Å². The minimum Gasteiger partial charge on any atom is -0.393 e. The second kappa shape index (κ2) is 4.40. The highest BCUT2D eigenvalue weighted by molar-refractivity contribution is 5.95. The maximum Gasteiger partial charge on any atom is 0.292 e. The lowest BCUT2D eigenvalue weighted by atomic mass is 9.93. The Balaban J connectivity index is 2.13. The van der Waals surface area contributed by atoms with Gasteiger partial charge in [-0.25, -0.2) is 0 Å². The Morgan fingerprint density at radius 2 is 2.18 bits per heavy atom. The Kier molecular flexibility index (Phi) is 2.95. The summed E-state index contributed by atoms with van der Waals surface area (Å²) in [5, 5.41) is 13.4. The molecule has 17 heavy (non-hydrogen) atoms. The topological polar surface area (TPSA) is 98.3 Å². The number of benzene rings is 1. The van der Waals surface area contributed by atoms with Crippen LogP contribution in [-0.2, 0) is 0 Å². The predicted octanol–water partition coefficient (Wildman–Crippen LogP) is 1.46. The number of nitrogens with one attached hydrogen (secondary N) is 1. The standard InChI is InChI=1S/C11H13N3O3/c12-9-6-7(4-5-10(9)14(16)17)11(15)13-8-2-1-3-8/h4-6,8H,1-3,12H2,(H,13,15). The first kappa shape index (κ1) is 11.4. The molecule has 1 saturated carbocycles. The smallest absolute Gasteiger partial charge is 0.292 e. The molecule has 0 radical (unpaired) electrons. The zero-order chi connectivity index (χ0) is 12.4. The summed E-state index contributed by atoms with van der Waals surface area (Å²) in [6, 6.07) is 4.25. The summed E-state index contributed by atoms with van der Waals surface area (Å²) in [6.45, 7) is 0. The fourth-order valence-corrected chi connectivity index (χ4v) is 1.68. The molecule has 1 aromatic carbocycles. The average molecular weight is 235 g/mol. The molecule has 1 fully saturated rings. The number of hydrogen-bond acceptors (Lipinski definition) is 4. The van der Waals surface area contributed by atoms with Crippen LogP contribution in [0.5, 0.6) is 0 Å². The lowest BCUT2D eigenvalue weighted by molar-refractivity contribution is -0.383. The van der Waals surface area contributed by atoms with Gasteiger partial charge in [-0.05, 0) is 31.4 Å². The van der Waals surface area contributed by atoms with Crippen LogP contribution in [0.25, 0.3) is 0 Å². The van der Waals surface area contributed by atoms with E-state index in [-0.39, 0.29) is 23.3 Å². The molecule has 90 valence electrons. The molecule has 1 aliphatic carbocycles. The van der Waals surface area contributed by atoms with Crippen molar-refractivity contribution in [2.45, 2.75) is 25.3 Å². The van der Waals surface area contributed by atoms with Crippen molar-refractivity contribution in [1.82, 2.24) is 5.32 Å². The van der Waals surface area contributed by atoms with Crippen molar-refractivity contribution in [2.24, 2.45) is 0 Å². The average Bonchev–Trinajstić information content (AvgIpc) is 2.22. The van der Waals surface area contributed by atoms with Crippen molar-refractivity contribution in [2.75, 3.05) is 5.73 Å². The fraction of sp³-hybridized carbons (Fsp3) is 0.364.